The fraction of sp³-hybridized carbons (Fsp3) is 0.0256. The van der Waals surface area contributed by atoms with Gasteiger partial charge in [0.1, 0.15) is 0 Å². The molecule has 1 aliphatic rings. The molecule has 0 aliphatic heterocycles. The number of hydrogen-bond donors (Lipinski definition) is 0. The third kappa shape index (κ3) is 3.19. The number of benzene rings is 7. The molecule has 0 radical (unpaired) electrons. The normalized spacial score (nSPS) is 13.3. The van der Waals surface area contributed by atoms with Crippen molar-refractivity contribution in [2.75, 3.05) is 0 Å². The smallest absolute Gasteiger partial charge is 0.0622 e. The molecule has 40 heavy (non-hydrogen) atoms. The molecule has 0 spiro atoms. The second-order valence-corrected chi connectivity index (χ2v) is 11.4. The van der Waals surface area contributed by atoms with Crippen molar-refractivity contribution in [2.24, 2.45) is 0 Å². The van der Waals surface area contributed by atoms with E-state index in [9.17, 15) is 0 Å². The van der Waals surface area contributed by atoms with Gasteiger partial charge in [-0.05, 0) is 88.0 Å². The average Bonchev–Trinajstić information content (AvgIpc) is 3.33. The van der Waals surface area contributed by atoms with E-state index in [1.165, 1.54) is 66.1 Å². The Labute approximate surface area is 242 Å². The molecule has 0 heterocycles. The van der Waals surface area contributed by atoms with Crippen LogP contribution in [0.1, 0.15) is 22.3 Å². The summed E-state index contributed by atoms with van der Waals surface area (Å²) in [4.78, 5) is 0. The van der Waals surface area contributed by atoms with Crippen LogP contribution in [0.15, 0.2) is 156 Å². The zero-order chi connectivity index (χ0) is 26.7. The molecule has 1 aliphatic carbocycles. The second kappa shape index (κ2) is 9.05. The van der Waals surface area contributed by atoms with Crippen LogP contribution in [-0.4, -0.2) is 0 Å². The van der Waals surface area contributed by atoms with Gasteiger partial charge in [-0.25, -0.2) is 0 Å². The molecule has 0 unspecified atom stereocenters. The molecule has 0 fully saturated rings. The second-order valence-electron chi connectivity index (χ2n) is 10.6. The fourth-order valence-electron chi connectivity index (χ4n) is 6.99. The van der Waals surface area contributed by atoms with E-state index >= 15 is 0 Å². The lowest BCUT2D eigenvalue weighted by Crippen LogP contribution is -2.28. The summed E-state index contributed by atoms with van der Waals surface area (Å²) >= 11 is 3.94. The molecule has 0 N–H and O–H groups in total. The van der Waals surface area contributed by atoms with E-state index in [1.807, 2.05) is 0 Å². The van der Waals surface area contributed by atoms with Crippen molar-refractivity contribution in [3.8, 4) is 22.3 Å². The van der Waals surface area contributed by atoms with Gasteiger partial charge in [0.15, 0.2) is 0 Å². The van der Waals surface area contributed by atoms with Gasteiger partial charge >= 0.3 is 0 Å². The Kier molecular flexibility index (Phi) is 5.30. The monoisotopic (exact) mass is 572 g/mol. The van der Waals surface area contributed by atoms with Crippen LogP contribution in [0, 0.1) is 0 Å². The Morgan fingerprint density at radius 3 is 1.48 bits per heavy atom. The van der Waals surface area contributed by atoms with Gasteiger partial charge in [0.25, 0.3) is 0 Å². The Bertz CT molecular complexity index is 1960. The molecule has 0 saturated carbocycles. The summed E-state index contributed by atoms with van der Waals surface area (Å²) < 4.78 is 1.15. The van der Waals surface area contributed by atoms with Crippen molar-refractivity contribution in [1.82, 2.24) is 0 Å². The highest BCUT2D eigenvalue weighted by Crippen LogP contribution is 2.57. The Hall–Kier alpha value is -4.46. The van der Waals surface area contributed by atoms with Gasteiger partial charge < -0.3 is 0 Å². The first kappa shape index (κ1) is 23.4. The van der Waals surface area contributed by atoms with E-state index in [-0.39, 0.29) is 0 Å². The van der Waals surface area contributed by atoms with Gasteiger partial charge in [-0.1, -0.05) is 146 Å². The zero-order valence-corrected chi connectivity index (χ0v) is 23.4. The standard InChI is InChI=1S/C39H25Br/c40-38-33-20-9-7-18-31(33)37(32-19-8-10-21-34(32)38)26-23-24-30-29-17-11-12-22-35(29)39(36(30)25-26,27-13-3-1-4-14-27)28-15-5-2-6-16-28/h1-25H. The van der Waals surface area contributed by atoms with Gasteiger partial charge in [0.2, 0.25) is 0 Å². The van der Waals surface area contributed by atoms with E-state index in [1.54, 1.807) is 0 Å². The van der Waals surface area contributed by atoms with Crippen LogP contribution in [0.4, 0.5) is 0 Å². The summed E-state index contributed by atoms with van der Waals surface area (Å²) in [6.07, 6.45) is 0. The summed E-state index contributed by atoms with van der Waals surface area (Å²) in [7, 11) is 0. The number of rotatable bonds is 3. The van der Waals surface area contributed by atoms with Crippen molar-refractivity contribution in [2.45, 2.75) is 5.41 Å². The van der Waals surface area contributed by atoms with Gasteiger partial charge in [-0.15, -0.1) is 0 Å². The van der Waals surface area contributed by atoms with E-state index in [0.717, 1.165) is 4.47 Å². The zero-order valence-electron chi connectivity index (χ0n) is 21.8. The third-order valence-corrected chi connectivity index (χ3v) is 9.47. The van der Waals surface area contributed by atoms with E-state index in [2.05, 4.69) is 168 Å². The lowest BCUT2D eigenvalue weighted by molar-refractivity contribution is 0.769. The van der Waals surface area contributed by atoms with E-state index < -0.39 is 5.41 Å². The van der Waals surface area contributed by atoms with Crippen molar-refractivity contribution < 1.29 is 0 Å². The van der Waals surface area contributed by atoms with Crippen LogP contribution >= 0.6 is 15.9 Å². The molecule has 7 aromatic rings. The largest absolute Gasteiger partial charge is 0.0713 e. The van der Waals surface area contributed by atoms with Gasteiger partial charge in [-0.2, -0.15) is 0 Å². The summed E-state index contributed by atoms with van der Waals surface area (Å²) in [6.45, 7) is 0. The molecule has 0 aromatic heterocycles. The summed E-state index contributed by atoms with van der Waals surface area (Å²) in [5.41, 5.74) is 9.96. The lowest BCUT2D eigenvalue weighted by Gasteiger charge is -2.34. The molecule has 0 atom stereocenters. The topological polar surface area (TPSA) is 0 Å². The van der Waals surface area contributed by atoms with Crippen LogP contribution in [-0.2, 0) is 5.41 Å². The Balaban J connectivity index is 1.52. The first-order chi connectivity index (χ1) is 19.8. The Morgan fingerprint density at radius 1 is 0.400 bits per heavy atom. The van der Waals surface area contributed by atoms with Crippen LogP contribution < -0.4 is 0 Å². The molecule has 7 aromatic carbocycles. The molecule has 8 rings (SSSR count). The first-order valence-corrected chi connectivity index (χ1v) is 14.5. The maximum Gasteiger partial charge on any atom is 0.0713 e. The molecule has 1 heteroatoms. The van der Waals surface area contributed by atoms with Gasteiger partial charge in [0.05, 0.1) is 5.41 Å². The van der Waals surface area contributed by atoms with E-state index in [0.29, 0.717) is 0 Å². The molecular formula is C39H25Br. The highest BCUT2D eigenvalue weighted by Gasteiger charge is 2.46. The Morgan fingerprint density at radius 2 is 0.875 bits per heavy atom. The first-order valence-electron chi connectivity index (χ1n) is 13.7. The van der Waals surface area contributed by atoms with Crippen molar-refractivity contribution in [3.05, 3.63) is 178 Å². The summed E-state index contributed by atoms with van der Waals surface area (Å²) in [5.74, 6) is 0. The summed E-state index contributed by atoms with van der Waals surface area (Å²) in [6, 6.07) is 55.6. The molecular weight excluding hydrogens is 548 g/mol. The minimum absolute atomic E-state index is 0.411. The van der Waals surface area contributed by atoms with Crippen molar-refractivity contribution in [3.63, 3.8) is 0 Å². The molecule has 188 valence electrons. The van der Waals surface area contributed by atoms with Crippen molar-refractivity contribution >= 4 is 37.5 Å². The lowest BCUT2D eigenvalue weighted by atomic mass is 9.67. The minimum Gasteiger partial charge on any atom is -0.0622 e. The molecule has 0 amide bonds. The van der Waals surface area contributed by atoms with Gasteiger partial charge in [-0.3, -0.25) is 0 Å². The number of hydrogen-bond acceptors (Lipinski definition) is 0. The molecule has 0 nitrogen and oxygen atoms in total. The average molecular weight is 574 g/mol. The van der Waals surface area contributed by atoms with Crippen LogP contribution in [0.25, 0.3) is 43.8 Å². The van der Waals surface area contributed by atoms with Crippen LogP contribution in [0.3, 0.4) is 0 Å². The maximum atomic E-state index is 3.94. The van der Waals surface area contributed by atoms with Crippen LogP contribution in [0.5, 0.6) is 0 Å². The summed E-state index contributed by atoms with van der Waals surface area (Å²) in [5, 5.41) is 4.98. The van der Waals surface area contributed by atoms with Gasteiger partial charge in [0, 0.05) is 4.47 Å². The maximum absolute atomic E-state index is 3.94. The SMILES string of the molecule is Brc1c2ccccc2c(-c2ccc3c(c2)C(c2ccccc2)(c2ccccc2)c2ccccc2-3)c2ccccc12. The van der Waals surface area contributed by atoms with Crippen molar-refractivity contribution in [1.29, 1.82) is 0 Å². The number of halogens is 1. The molecule has 0 saturated heterocycles. The number of fused-ring (bicyclic) bond motifs is 5. The third-order valence-electron chi connectivity index (χ3n) is 8.61. The predicted octanol–water partition coefficient (Wildman–Crippen LogP) is 10.8. The van der Waals surface area contributed by atoms with Crippen LogP contribution in [0.2, 0.25) is 0 Å². The fourth-order valence-corrected chi connectivity index (χ4v) is 7.68. The van der Waals surface area contributed by atoms with E-state index in [4.69, 9.17) is 0 Å². The highest BCUT2D eigenvalue weighted by atomic mass is 79.9. The molecule has 0 bridgehead atoms. The minimum atomic E-state index is -0.411. The quantitative estimate of drug-likeness (QED) is 0.185. The predicted molar refractivity (Wildman–Crippen MR) is 172 cm³/mol. The highest BCUT2D eigenvalue weighted by molar-refractivity contribution is 9.10.